The lowest BCUT2D eigenvalue weighted by Gasteiger charge is -2.20. The summed E-state index contributed by atoms with van der Waals surface area (Å²) in [4.78, 5) is 37.3. The van der Waals surface area contributed by atoms with Gasteiger partial charge in [-0.15, -0.1) is 0 Å². The normalized spacial score (nSPS) is 11.7. The molecular weight excluding hydrogens is 360 g/mol. The lowest BCUT2D eigenvalue weighted by Crippen LogP contribution is -2.41. The highest BCUT2D eigenvalue weighted by Crippen LogP contribution is 2.14. The summed E-state index contributed by atoms with van der Waals surface area (Å²) < 4.78 is 5.27. The van der Waals surface area contributed by atoms with E-state index in [1.54, 1.807) is 47.6 Å². The maximum Gasteiger partial charge on any atom is 0.238 e. The van der Waals surface area contributed by atoms with Crippen molar-refractivity contribution in [1.29, 1.82) is 0 Å². The zero-order valence-corrected chi connectivity index (χ0v) is 16.3. The van der Waals surface area contributed by atoms with Gasteiger partial charge in [-0.1, -0.05) is 6.92 Å². The third kappa shape index (κ3) is 6.88. The number of nitrogens with one attached hydrogen (secondary N) is 3. The second kappa shape index (κ2) is 10.3. The van der Waals surface area contributed by atoms with E-state index in [0.717, 1.165) is 0 Å². The molecular formula is C20H26N4O4. The Balaban J connectivity index is 1.81. The van der Waals surface area contributed by atoms with Gasteiger partial charge in [-0.05, 0) is 49.9 Å². The van der Waals surface area contributed by atoms with Gasteiger partial charge in [0.15, 0.2) is 0 Å². The minimum Gasteiger partial charge on any atom is -0.467 e. The summed E-state index contributed by atoms with van der Waals surface area (Å²) in [7, 11) is 0. The van der Waals surface area contributed by atoms with Crippen molar-refractivity contribution in [3.05, 3.63) is 48.4 Å². The van der Waals surface area contributed by atoms with Crippen molar-refractivity contribution in [1.82, 2.24) is 10.2 Å². The van der Waals surface area contributed by atoms with Crippen molar-refractivity contribution < 1.29 is 18.8 Å². The molecule has 2 rings (SSSR count). The molecule has 0 fully saturated rings. The summed E-state index contributed by atoms with van der Waals surface area (Å²) in [5, 5.41) is 8.30. The smallest absolute Gasteiger partial charge is 0.238 e. The van der Waals surface area contributed by atoms with Gasteiger partial charge in [0.05, 0.1) is 25.4 Å². The first-order valence-electron chi connectivity index (χ1n) is 9.10. The number of carbonyl (C=O) groups is 3. The summed E-state index contributed by atoms with van der Waals surface area (Å²) in [5.41, 5.74) is 1.27. The van der Waals surface area contributed by atoms with E-state index < -0.39 is 0 Å². The second-order valence-corrected chi connectivity index (χ2v) is 6.41. The Hall–Kier alpha value is -3.13. The Bertz CT molecular complexity index is 787. The van der Waals surface area contributed by atoms with Gasteiger partial charge in [-0.2, -0.15) is 0 Å². The van der Waals surface area contributed by atoms with Crippen molar-refractivity contribution in [2.75, 3.05) is 30.3 Å². The number of likely N-dealkylation sites (N-methyl/N-ethyl adjacent to an activating group) is 1. The maximum atomic E-state index is 12.3. The van der Waals surface area contributed by atoms with Gasteiger partial charge in [0.25, 0.3) is 0 Å². The molecule has 0 aliphatic heterocycles. The Morgan fingerprint density at radius 3 is 2.14 bits per heavy atom. The lowest BCUT2D eigenvalue weighted by molar-refractivity contribution is -0.124. The molecule has 1 aromatic carbocycles. The first-order chi connectivity index (χ1) is 13.4. The molecule has 2 aromatic rings. The van der Waals surface area contributed by atoms with E-state index in [1.807, 2.05) is 13.8 Å². The number of hydrogen-bond acceptors (Lipinski definition) is 5. The number of furan rings is 1. The molecule has 8 heteroatoms. The van der Waals surface area contributed by atoms with Crippen LogP contribution in [-0.4, -0.2) is 42.3 Å². The van der Waals surface area contributed by atoms with Gasteiger partial charge in [0, 0.05) is 18.3 Å². The molecule has 0 spiro atoms. The monoisotopic (exact) mass is 386 g/mol. The minimum absolute atomic E-state index is 0.0898. The third-order valence-corrected chi connectivity index (χ3v) is 4.02. The van der Waals surface area contributed by atoms with Crippen molar-refractivity contribution in [2.45, 2.75) is 26.8 Å². The molecule has 3 amide bonds. The number of nitrogens with zero attached hydrogens (tertiary/aromatic N) is 1. The van der Waals surface area contributed by atoms with Crippen molar-refractivity contribution in [3.8, 4) is 0 Å². The van der Waals surface area contributed by atoms with E-state index in [4.69, 9.17) is 4.42 Å². The van der Waals surface area contributed by atoms with Crippen molar-refractivity contribution in [2.24, 2.45) is 0 Å². The zero-order valence-electron chi connectivity index (χ0n) is 16.3. The predicted molar refractivity (Wildman–Crippen MR) is 107 cm³/mol. The SMILES string of the molecule is CCN(CC(=O)Nc1ccc(NC(C)=O)cc1)CC(=O)NC(C)c1ccco1. The Morgan fingerprint density at radius 2 is 1.61 bits per heavy atom. The van der Waals surface area contributed by atoms with Crippen LogP contribution >= 0.6 is 0 Å². The molecule has 0 bridgehead atoms. The molecule has 0 radical (unpaired) electrons. The Morgan fingerprint density at radius 1 is 1.00 bits per heavy atom. The number of hydrogen-bond donors (Lipinski definition) is 3. The minimum atomic E-state index is -0.239. The molecule has 1 aromatic heterocycles. The number of carbonyl (C=O) groups excluding carboxylic acids is 3. The molecule has 1 atom stereocenters. The van der Waals surface area contributed by atoms with Crippen LogP contribution in [0.2, 0.25) is 0 Å². The van der Waals surface area contributed by atoms with E-state index in [9.17, 15) is 14.4 Å². The molecule has 0 saturated heterocycles. The molecule has 1 unspecified atom stereocenters. The Kier molecular flexibility index (Phi) is 7.76. The van der Waals surface area contributed by atoms with Gasteiger partial charge in [-0.25, -0.2) is 0 Å². The number of rotatable bonds is 9. The first-order valence-corrected chi connectivity index (χ1v) is 9.10. The fourth-order valence-electron chi connectivity index (χ4n) is 2.62. The number of benzene rings is 1. The fraction of sp³-hybridized carbons (Fsp3) is 0.350. The van der Waals surface area contributed by atoms with Crippen LogP contribution in [0.5, 0.6) is 0 Å². The average molecular weight is 386 g/mol. The molecule has 0 saturated carbocycles. The maximum absolute atomic E-state index is 12.3. The van der Waals surface area contributed by atoms with Crippen LogP contribution < -0.4 is 16.0 Å². The van der Waals surface area contributed by atoms with Crippen LogP contribution in [-0.2, 0) is 14.4 Å². The largest absolute Gasteiger partial charge is 0.467 e. The van der Waals surface area contributed by atoms with Crippen LogP contribution in [0.25, 0.3) is 0 Å². The van der Waals surface area contributed by atoms with Crippen LogP contribution in [0, 0.1) is 0 Å². The highest BCUT2D eigenvalue weighted by molar-refractivity contribution is 5.93. The van der Waals surface area contributed by atoms with Gasteiger partial charge >= 0.3 is 0 Å². The van der Waals surface area contributed by atoms with E-state index in [-0.39, 0.29) is 36.9 Å². The molecule has 1 heterocycles. The van der Waals surface area contributed by atoms with Crippen molar-refractivity contribution >= 4 is 29.1 Å². The summed E-state index contributed by atoms with van der Waals surface area (Å²) in [6.07, 6.45) is 1.56. The number of anilines is 2. The first kappa shape index (κ1) is 21.2. The molecule has 28 heavy (non-hydrogen) atoms. The highest BCUT2D eigenvalue weighted by Gasteiger charge is 2.16. The fourth-order valence-corrected chi connectivity index (χ4v) is 2.62. The molecule has 0 aliphatic carbocycles. The van der Waals surface area contributed by atoms with E-state index in [2.05, 4.69) is 16.0 Å². The van der Waals surface area contributed by atoms with E-state index >= 15 is 0 Å². The highest BCUT2D eigenvalue weighted by atomic mass is 16.3. The molecule has 3 N–H and O–H groups in total. The predicted octanol–water partition coefficient (Wildman–Crippen LogP) is 2.38. The second-order valence-electron chi connectivity index (χ2n) is 6.41. The molecule has 0 aliphatic rings. The van der Waals surface area contributed by atoms with E-state index in [0.29, 0.717) is 23.7 Å². The standard InChI is InChI=1S/C20H26N4O4/c1-4-24(12-19(26)21-14(2)18-6-5-11-28-18)13-20(27)23-17-9-7-16(8-10-17)22-15(3)25/h5-11,14H,4,12-13H2,1-3H3,(H,21,26)(H,22,25)(H,23,27). The van der Waals surface area contributed by atoms with Crippen molar-refractivity contribution in [3.63, 3.8) is 0 Å². The molecule has 150 valence electrons. The topological polar surface area (TPSA) is 104 Å². The summed E-state index contributed by atoms with van der Waals surface area (Å²) in [6, 6.07) is 10.2. The van der Waals surface area contributed by atoms with Crippen LogP contribution in [0.15, 0.2) is 47.1 Å². The number of amides is 3. The molecule has 8 nitrogen and oxygen atoms in total. The van der Waals surface area contributed by atoms with Gasteiger partial charge < -0.3 is 20.4 Å². The quantitative estimate of drug-likeness (QED) is 0.614. The summed E-state index contributed by atoms with van der Waals surface area (Å²) in [5.74, 6) is 0.117. The average Bonchev–Trinajstić information content (AvgIpc) is 3.17. The summed E-state index contributed by atoms with van der Waals surface area (Å²) in [6.45, 7) is 5.91. The lowest BCUT2D eigenvalue weighted by atomic mass is 10.2. The summed E-state index contributed by atoms with van der Waals surface area (Å²) >= 11 is 0. The van der Waals surface area contributed by atoms with Crippen LogP contribution in [0.1, 0.15) is 32.6 Å². The van der Waals surface area contributed by atoms with E-state index in [1.165, 1.54) is 6.92 Å². The van der Waals surface area contributed by atoms with Crippen LogP contribution in [0.3, 0.4) is 0 Å². The third-order valence-electron chi connectivity index (χ3n) is 4.02. The Labute approximate surface area is 164 Å². The van der Waals surface area contributed by atoms with Gasteiger partial charge in [0.1, 0.15) is 5.76 Å². The van der Waals surface area contributed by atoms with Crippen LogP contribution in [0.4, 0.5) is 11.4 Å². The van der Waals surface area contributed by atoms with Gasteiger partial charge in [-0.3, -0.25) is 19.3 Å². The van der Waals surface area contributed by atoms with Gasteiger partial charge in [0.2, 0.25) is 17.7 Å². The zero-order chi connectivity index (χ0) is 20.5.